The molecule has 14 heteroatoms. The van der Waals surface area contributed by atoms with Crippen molar-refractivity contribution in [2.24, 2.45) is 5.41 Å². The van der Waals surface area contributed by atoms with Crippen molar-refractivity contribution in [3.8, 4) is 17.3 Å². The number of nitrogens with zero attached hydrogens (tertiary/aromatic N) is 7. The van der Waals surface area contributed by atoms with E-state index in [-0.39, 0.29) is 51.8 Å². The molecule has 3 atom stereocenters. The van der Waals surface area contributed by atoms with Gasteiger partial charge in [-0.15, -0.1) is 0 Å². The number of fused-ring (bicyclic) bond motifs is 2. The molecular weight excluding hydrogens is 611 g/mol. The molecule has 12 nitrogen and oxygen atoms in total. The number of methoxy groups -OCH3 is 1. The second-order valence-corrected chi connectivity index (χ2v) is 11.7. The summed E-state index contributed by atoms with van der Waals surface area (Å²) in [5.41, 5.74) is 2.14. The summed E-state index contributed by atoms with van der Waals surface area (Å²) in [6, 6.07) is 2.38. The fourth-order valence-corrected chi connectivity index (χ4v) is 5.91. The highest BCUT2D eigenvalue weighted by Gasteiger charge is 2.64. The van der Waals surface area contributed by atoms with Crippen LogP contribution in [0.15, 0.2) is 35.3 Å². The molecule has 0 spiro atoms. The summed E-state index contributed by atoms with van der Waals surface area (Å²) >= 11 is 3.05. The van der Waals surface area contributed by atoms with Crippen LogP contribution in [0.3, 0.4) is 0 Å². The van der Waals surface area contributed by atoms with E-state index in [1.165, 1.54) is 24.8 Å². The molecule has 0 bridgehead atoms. The number of carbonyl (C=O) groups is 3. The Balaban J connectivity index is 1.28. The third-order valence-electron chi connectivity index (χ3n) is 7.95. The van der Waals surface area contributed by atoms with Gasteiger partial charge >= 0.3 is 6.01 Å². The van der Waals surface area contributed by atoms with Crippen LogP contribution in [0.5, 0.6) is 6.01 Å². The molecule has 1 saturated carbocycles. The van der Waals surface area contributed by atoms with Crippen LogP contribution in [-0.2, 0) is 16.1 Å². The van der Waals surface area contributed by atoms with Crippen LogP contribution in [0, 0.1) is 18.2 Å². The van der Waals surface area contributed by atoms with E-state index in [1.807, 2.05) is 0 Å². The molecule has 4 aromatic rings. The molecule has 5 heterocycles. The monoisotopic (exact) mass is 636 g/mol. The molecule has 1 N–H and O–H groups in total. The number of rotatable bonds is 7. The summed E-state index contributed by atoms with van der Waals surface area (Å²) in [6.45, 7) is 4.91. The lowest BCUT2D eigenvalue weighted by Gasteiger charge is -2.27. The number of ether oxygens (including phenoxy) is 1. The number of halogens is 2. The summed E-state index contributed by atoms with van der Waals surface area (Å²) in [7, 11) is 1.47. The average molecular weight is 637 g/mol. The number of pyridine rings is 2. The highest BCUT2D eigenvalue weighted by atomic mass is 79.9. The predicted molar refractivity (Wildman–Crippen MR) is 152 cm³/mol. The fraction of sp³-hybridized carbons (Fsp3) is 0.357. The van der Waals surface area contributed by atoms with Gasteiger partial charge in [-0.2, -0.15) is 5.10 Å². The first-order valence-corrected chi connectivity index (χ1v) is 14.0. The maximum atomic E-state index is 13.9. The van der Waals surface area contributed by atoms with Gasteiger partial charge in [-0.3, -0.25) is 24.0 Å². The molecule has 0 radical (unpaired) electrons. The first-order valence-electron chi connectivity index (χ1n) is 13.2. The van der Waals surface area contributed by atoms with Crippen molar-refractivity contribution in [2.75, 3.05) is 12.4 Å². The second-order valence-electron chi connectivity index (χ2n) is 10.9. The highest BCUT2D eigenvalue weighted by molar-refractivity contribution is 9.10. The molecule has 2 amide bonds. The highest BCUT2D eigenvalue weighted by Crippen LogP contribution is 2.59. The van der Waals surface area contributed by atoms with Crippen molar-refractivity contribution in [3.63, 3.8) is 0 Å². The van der Waals surface area contributed by atoms with Crippen molar-refractivity contribution in [3.05, 3.63) is 52.4 Å². The van der Waals surface area contributed by atoms with Gasteiger partial charge in [-0.25, -0.2) is 19.3 Å². The summed E-state index contributed by atoms with van der Waals surface area (Å²) in [5, 5.41) is 7.77. The lowest BCUT2D eigenvalue weighted by atomic mass is 10.0. The van der Waals surface area contributed by atoms with Gasteiger partial charge in [0.25, 0.3) is 0 Å². The Bertz CT molecular complexity index is 1780. The van der Waals surface area contributed by atoms with Crippen LogP contribution < -0.4 is 10.1 Å². The van der Waals surface area contributed by atoms with Gasteiger partial charge in [0.1, 0.15) is 28.7 Å². The molecule has 4 aromatic heterocycles. The van der Waals surface area contributed by atoms with E-state index in [0.29, 0.717) is 34.1 Å². The van der Waals surface area contributed by atoms with Gasteiger partial charge in [0.2, 0.25) is 11.8 Å². The van der Waals surface area contributed by atoms with E-state index in [4.69, 9.17) is 4.74 Å². The number of carbonyl (C=O) groups excluding carboxylic acids is 3. The van der Waals surface area contributed by atoms with Crippen LogP contribution in [0.25, 0.3) is 22.2 Å². The normalized spacial score (nSPS) is 20.9. The number of anilines is 1. The summed E-state index contributed by atoms with van der Waals surface area (Å²) < 4.78 is 20.3. The van der Waals surface area contributed by atoms with Gasteiger partial charge in [0.05, 0.1) is 24.5 Å². The molecule has 2 aliphatic rings. The van der Waals surface area contributed by atoms with E-state index in [9.17, 15) is 18.8 Å². The Morgan fingerprint density at radius 2 is 1.90 bits per heavy atom. The van der Waals surface area contributed by atoms with Crippen LogP contribution >= 0.6 is 15.9 Å². The lowest BCUT2D eigenvalue weighted by Crippen LogP contribution is -2.47. The van der Waals surface area contributed by atoms with Crippen molar-refractivity contribution in [1.29, 1.82) is 0 Å². The van der Waals surface area contributed by atoms with Crippen molar-refractivity contribution < 1.29 is 23.5 Å². The third kappa shape index (κ3) is 4.78. The molecular formula is C28H26BrFN8O4. The number of hydrogen-bond acceptors (Lipinski definition) is 9. The molecule has 42 heavy (non-hydrogen) atoms. The van der Waals surface area contributed by atoms with E-state index in [2.05, 4.69) is 53.2 Å². The minimum absolute atomic E-state index is 0.0133. The number of hydrogen-bond donors (Lipinski definition) is 1. The Kier molecular flexibility index (Phi) is 6.75. The van der Waals surface area contributed by atoms with Gasteiger partial charge in [0.15, 0.2) is 11.6 Å². The summed E-state index contributed by atoms with van der Waals surface area (Å²) in [6.07, 6.45) is 5.96. The standard InChI is InChI=1S/C28H26BrFN8O4/c1-13-5-17(30)24(29)34-25(13)35-26(41)19-7-28(3)8-21(28)38(19)22(40)12-37-20-11-31-18(6-16(20)23(36-37)14(2)39)15-9-32-27(42-4)33-10-15/h5-6,9-11,19,21H,7-8,12H2,1-4H3,(H,34,35,41)/t19-,21+,28-/m0/s1. The zero-order valence-corrected chi connectivity index (χ0v) is 24.8. The Labute approximate surface area is 247 Å². The smallest absolute Gasteiger partial charge is 0.316 e. The molecule has 0 unspecified atom stereocenters. The maximum Gasteiger partial charge on any atom is 0.316 e. The minimum atomic E-state index is -0.736. The molecule has 1 saturated heterocycles. The van der Waals surface area contributed by atoms with Gasteiger partial charge < -0.3 is 15.0 Å². The predicted octanol–water partition coefficient (Wildman–Crippen LogP) is 3.72. The fourth-order valence-electron chi connectivity index (χ4n) is 5.62. The molecule has 1 aliphatic carbocycles. The minimum Gasteiger partial charge on any atom is -0.467 e. The number of piperidine rings is 1. The summed E-state index contributed by atoms with van der Waals surface area (Å²) in [4.78, 5) is 58.1. The lowest BCUT2D eigenvalue weighted by molar-refractivity contribution is -0.138. The number of Topliss-reactive ketones (excluding diaryl/α,β-unsaturated/α-hetero) is 1. The average Bonchev–Trinajstić information content (AvgIpc) is 3.33. The number of nitrogens with one attached hydrogen (secondary N) is 1. The van der Waals surface area contributed by atoms with Crippen LogP contribution in [0.1, 0.15) is 42.7 Å². The van der Waals surface area contributed by atoms with Crippen LogP contribution in [-0.4, -0.2) is 71.4 Å². The van der Waals surface area contributed by atoms with Crippen molar-refractivity contribution in [1.82, 2.24) is 34.6 Å². The van der Waals surface area contributed by atoms with Gasteiger partial charge in [0, 0.05) is 36.3 Å². The number of aromatic nitrogens is 6. The number of aryl methyl sites for hydroxylation is 1. The largest absolute Gasteiger partial charge is 0.467 e. The van der Waals surface area contributed by atoms with E-state index < -0.39 is 17.8 Å². The maximum absolute atomic E-state index is 13.9. The summed E-state index contributed by atoms with van der Waals surface area (Å²) in [5.74, 6) is -1.28. The molecule has 216 valence electrons. The molecule has 1 aliphatic heterocycles. The zero-order valence-electron chi connectivity index (χ0n) is 23.2. The molecule has 2 fully saturated rings. The van der Waals surface area contributed by atoms with Crippen molar-refractivity contribution in [2.45, 2.75) is 52.2 Å². The Hall–Kier alpha value is -4.33. The third-order valence-corrected chi connectivity index (χ3v) is 8.51. The first kappa shape index (κ1) is 27.8. The van der Waals surface area contributed by atoms with Gasteiger partial charge in [-0.1, -0.05) is 6.92 Å². The topological polar surface area (TPSA) is 145 Å². The SMILES string of the molecule is COc1ncc(-c2cc3c(C(C)=O)nn(CC(=O)N4[C@H](C(=O)Nc5nc(Br)c(F)cc5C)C[C@@]5(C)C[C@@H]45)c3cn2)cn1. The van der Waals surface area contributed by atoms with E-state index in [1.54, 1.807) is 36.5 Å². The Morgan fingerprint density at radius 1 is 1.17 bits per heavy atom. The van der Waals surface area contributed by atoms with E-state index >= 15 is 0 Å². The molecule has 0 aromatic carbocycles. The number of ketones is 1. The quantitative estimate of drug-likeness (QED) is 0.237. The second kappa shape index (κ2) is 10.2. The zero-order chi connectivity index (χ0) is 29.9. The van der Waals surface area contributed by atoms with E-state index in [0.717, 1.165) is 6.42 Å². The number of amides is 2. The Morgan fingerprint density at radius 3 is 2.60 bits per heavy atom. The number of likely N-dealkylation sites (tertiary alicyclic amines) is 1. The van der Waals surface area contributed by atoms with Crippen LogP contribution in [0.4, 0.5) is 10.2 Å². The van der Waals surface area contributed by atoms with Crippen LogP contribution in [0.2, 0.25) is 0 Å². The van der Waals surface area contributed by atoms with Crippen molar-refractivity contribution >= 4 is 50.2 Å². The van der Waals surface area contributed by atoms with Gasteiger partial charge in [-0.05, 0) is 58.8 Å². The first-order chi connectivity index (χ1) is 20.0. The molecule has 6 rings (SSSR count).